The van der Waals surface area contributed by atoms with Crippen LogP contribution >= 0.6 is 0 Å². The minimum atomic E-state index is -1.17. The van der Waals surface area contributed by atoms with Gasteiger partial charge in [0.2, 0.25) is 5.96 Å². The van der Waals surface area contributed by atoms with E-state index in [-0.39, 0.29) is 0 Å². The highest BCUT2D eigenvalue weighted by Gasteiger charge is 2.29. The summed E-state index contributed by atoms with van der Waals surface area (Å²) in [5, 5.41) is 10.4. The molecule has 0 aromatic rings. The summed E-state index contributed by atoms with van der Waals surface area (Å²) in [6.45, 7) is 0. The molecule has 2 amide bonds. The van der Waals surface area contributed by atoms with Gasteiger partial charge in [0.1, 0.15) is 0 Å². The van der Waals surface area contributed by atoms with Gasteiger partial charge in [-0.05, 0) is 0 Å². The molecule has 0 aromatic heterocycles. The number of nitrogens with one attached hydrogen (secondary N) is 3. The standard InChI is InChI=1S/C4H3N3O3/c5-4-6-2(9)1(8)3(10)7-4/h(H3,5,6,7,9,10). The SMILES string of the molecule is N=C1NC(=O)C(=O)C(=O)N1. The van der Waals surface area contributed by atoms with Crippen LogP contribution in [0.15, 0.2) is 0 Å². The molecular weight excluding hydrogens is 138 g/mol. The second kappa shape index (κ2) is 1.90. The molecule has 1 fully saturated rings. The molecule has 0 aliphatic carbocycles. The van der Waals surface area contributed by atoms with Crippen LogP contribution < -0.4 is 10.6 Å². The number of rotatable bonds is 0. The molecule has 1 aliphatic rings. The summed E-state index contributed by atoms with van der Waals surface area (Å²) in [4.78, 5) is 31.1. The molecule has 3 N–H and O–H groups in total. The monoisotopic (exact) mass is 141 g/mol. The summed E-state index contributed by atoms with van der Waals surface area (Å²) < 4.78 is 0. The molecule has 1 saturated heterocycles. The van der Waals surface area contributed by atoms with Crippen molar-refractivity contribution in [3.05, 3.63) is 0 Å². The van der Waals surface area contributed by atoms with E-state index < -0.39 is 23.6 Å². The van der Waals surface area contributed by atoms with Crippen LogP contribution in [0.2, 0.25) is 0 Å². The Morgan fingerprint density at radius 1 is 1.00 bits per heavy atom. The number of hydrogen-bond acceptors (Lipinski definition) is 4. The second-order valence-corrected chi connectivity index (χ2v) is 1.61. The van der Waals surface area contributed by atoms with Gasteiger partial charge in [0.15, 0.2) is 0 Å². The number of carbonyl (C=O) groups excluding carboxylic acids is 3. The van der Waals surface area contributed by atoms with Crippen LogP contribution in [-0.2, 0) is 14.4 Å². The molecule has 1 rings (SSSR count). The number of carbonyl (C=O) groups is 3. The van der Waals surface area contributed by atoms with Crippen molar-refractivity contribution in [1.29, 1.82) is 5.41 Å². The first-order chi connectivity index (χ1) is 4.61. The van der Waals surface area contributed by atoms with Crippen molar-refractivity contribution in [2.24, 2.45) is 0 Å². The Morgan fingerprint density at radius 3 is 1.80 bits per heavy atom. The van der Waals surface area contributed by atoms with Crippen molar-refractivity contribution in [3.8, 4) is 0 Å². The zero-order valence-electron chi connectivity index (χ0n) is 4.72. The first-order valence-electron chi connectivity index (χ1n) is 2.36. The number of guanidine groups is 1. The summed E-state index contributed by atoms with van der Waals surface area (Å²) in [5.41, 5.74) is 0. The molecule has 0 bridgehead atoms. The number of hydrogen-bond donors (Lipinski definition) is 3. The van der Waals surface area contributed by atoms with E-state index in [4.69, 9.17) is 5.41 Å². The van der Waals surface area contributed by atoms with Gasteiger partial charge in [0.05, 0.1) is 0 Å². The molecular formula is C4H3N3O3. The lowest BCUT2D eigenvalue weighted by Gasteiger charge is -2.10. The minimum Gasteiger partial charge on any atom is -0.289 e. The van der Waals surface area contributed by atoms with E-state index in [1.165, 1.54) is 0 Å². The predicted molar refractivity (Wildman–Crippen MR) is 29.0 cm³/mol. The maximum Gasteiger partial charge on any atom is 0.308 e. The van der Waals surface area contributed by atoms with E-state index in [2.05, 4.69) is 0 Å². The fourth-order valence-electron chi connectivity index (χ4n) is 0.475. The van der Waals surface area contributed by atoms with Gasteiger partial charge in [-0.2, -0.15) is 0 Å². The molecule has 0 saturated carbocycles. The van der Waals surface area contributed by atoms with Crippen molar-refractivity contribution in [1.82, 2.24) is 10.6 Å². The number of Topliss-reactive ketones (excluding diaryl/α,β-unsaturated/α-hetero) is 1. The van der Waals surface area contributed by atoms with Gasteiger partial charge in [-0.25, -0.2) is 0 Å². The average molecular weight is 141 g/mol. The van der Waals surface area contributed by atoms with Crippen LogP contribution in [0.25, 0.3) is 0 Å². The lowest BCUT2D eigenvalue weighted by Crippen LogP contribution is -2.56. The zero-order chi connectivity index (χ0) is 7.72. The lowest BCUT2D eigenvalue weighted by molar-refractivity contribution is -0.145. The van der Waals surface area contributed by atoms with E-state index in [0.717, 1.165) is 0 Å². The molecule has 0 unspecified atom stereocenters. The van der Waals surface area contributed by atoms with Crippen LogP contribution in [-0.4, -0.2) is 23.6 Å². The Morgan fingerprint density at radius 2 is 1.40 bits per heavy atom. The Hall–Kier alpha value is -1.72. The Balaban J connectivity index is 2.86. The maximum atomic E-state index is 10.4. The van der Waals surface area contributed by atoms with Crippen LogP contribution in [0, 0.1) is 5.41 Å². The van der Waals surface area contributed by atoms with Gasteiger partial charge in [0, 0.05) is 0 Å². The summed E-state index contributed by atoms with van der Waals surface area (Å²) in [6.07, 6.45) is 0. The maximum absolute atomic E-state index is 10.4. The molecule has 52 valence electrons. The van der Waals surface area contributed by atoms with Gasteiger partial charge in [-0.1, -0.05) is 0 Å². The molecule has 1 heterocycles. The van der Waals surface area contributed by atoms with E-state index in [1.54, 1.807) is 0 Å². The van der Waals surface area contributed by atoms with E-state index in [9.17, 15) is 14.4 Å². The summed E-state index contributed by atoms with van der Waals surface area (Å²) in [6, 6.07) is 0. The molecule has 0 aromatic carbocycles. The average Bonchev–Trinajstić information content (AvgIpc) is 1.82. The third-order valence-electron chi connectivity index (χ3n) is 0.890. The van der Waals surface area contributed by atoms with Crippen molar-refractivity contribution in [2.45, 2.75) is 0 Å². The topological polar surface area (TPSA) is 99.1 Å². The Kier molecular flexibility index (Phi) is 1.22. The highest BCUT2D eigenvalue weighted by Crippen LogP contribution is 1.80. The minimum absolute atomic E-state index is 0.463. The quantitative estimate of drug-likeness (QED) is 0.332. The molecule has 0 spiro atoms. The normalized spacial score (nSPS) is 18.4. The summed E-state index contributed by atoms with van der Waals surface area (Å²) in [7, 11) is 0. The second-order valence-electron chi connectivity index (χ2n) is 1.61. The number of amides is 2. The van der Waals surface area contributed by atoms with Gasteiger partial charge in [-0.3, -0.25) is 30.4 Å². The van der Waals surface area contributed by atoms with Gasteiger partial charge in [0.25, 0.3) is 0 Å². The Bertz CT molecular complexity index is 222. The van der Waals surface area contributed by atoms with Gasteiger partial charge < -0.3 is 0 Å². The summed E-state index contributed by atoms with van der Waals surface area (Å²) in [5.74, 6) is -3.76. The van der Waals surface area contributed by atoms with Crippen LogP contribution in [0.4, 0.5) is 0 Å². The van der Waals surface area contributed by atoms with Crippen molar-refractivity contribution >= 4 is 23.6 Å². The lowest BCUT2D eigenvalue weighted by atomic mass is 10.3. The van der Waals surface area contributed by atoms with Crippen molar-refractivity contribution in [2.75, 3.05) is 0 Å². The first-order valence-corrected chi connectivity index (χ1v) is 2.36. The van der Waals surface area contributed by atoms with Gasteiger partial charge >= 0.3 is 17.6 Å². The van der Waals surface area contributed by atoms with Crippen LogP contribution in [0.1, 0.15) is 0 Å². The summed E-state index contributed by atoms with van der Waals surface area (Å²) >= 11 is 0. The van der Waals surface area contributed by atoms with Crippen molar-refractivity contribution in [3.63, 3.8) is 0 Å². The molecule has 10 heavy (non-hydrogen) atoms. The Labute approximate surface area is 55.1 Å². The van der Waals surface area contributed by atoms with E-state index >= 15 is 0 Å². The van der Waals surface area contributed by atoms with Crippen LogP contribution in [0.5, 0.6) is 0 Å². The molecule has 1 aliphatic heterocycles. The molecule has 0 atom stereocenters. The third kappa shape index (κ3) is 0.859. The fourth-order valence-corrected chi connectivity index (χ4v) is 0.475. The van der Waals surface area contributed by atoms with Crippen molar-refractivity contribution < 1.29 is 14.4 Å². The first kappa shape index (κ1) is 6.40. The highest BCUT2D eigenvalue weighted by molar-refractivity contribution is 6.66. The van der Waals surface area contributed by atoms with Gasteiger partial charge in [-0.15, -0.1) is 0 Å². The highest BCUT2D eigenvalue weighted by atomic mass is 16.2. The van der Waals surface area contributed by atoms with E-state index in [1.807, 2.05) is 10.6 Å². The predicted octanol–water partition coefficient (Wildman–Crippen LogP) is -2.26. The number of ketones is 1. The molecule has 0 radical (unpaired) electrons. The molecule has 6 heteroatoms. The largest absolute Gasteiger partial charge is 0.308 e. The van der Waals surface area contributed by atoms with Crippen LogP contribution in [0.3, 0.4) is 0 Å². The molecule has 6 nitrogen and oxygen atoms in total. The zero-order valence-corrected chi connectivity index (χ0v) is 4.72. The smallest absolute Gasteiger partial charge is 0.289 e. The fraction of sp³-hybridized carbons (Fsp3) is 0. The van der Waals surface area contributed by atoms with E-state index in [0.29, 0.717) is 0 Å². The third-order valence-corrected chi connectivity index (χ3v) is 0.890.